The number of ether oxygens (including phenoxy) is 1. The van der Waals surface area contributed by atoms with Crippen molar-refractivity contribution in [2.75, 3.05) is 19.7 Å². The smallest absolute Gasteiger partial charge is 0.314 e. The van der Waals surface area contributed by atoms with Crippen molar-refractivity contribution in [2.45, 2.75) is 39.5 Å². The third-order valence-electron chi connectivity index (χ3n) is 1.97. The highest BCUT2D eigenvalue weighted by Gasteiger charge is 2.02. The maximum absolute atomic E-state index is 11.1. The van der Waals surface area contributed by atoms with Gasteiger partial charge in [0.05, 0.1) is 6.54 Å². The van der Waals surface area contributed by atoms with Crippen LogP contribution in [0.1, 0.15) is 39.5 Å². The summed E-state index contributed by atoms with van der Waals surface area (Å²) in [5.74, 6) is -0.189. The van der Waals surface area contributed by atoms with Crippen LogP contribution in [-0.4, -0.2) is 31.7 Å². The molecule has 0 spiro atoms. The first kappa shape index (κ1) is 14.7. The van der Waals surface area contributed by atoms with E-state index in [-0.39, 0.29) is 18.6 Å². The number of urea groups is 1. The lowest BCUT2D eigenvalue weighted by Gasteiger charge is -2.06. The second-order valence-corrected chi connectivity index (χ2v) is 3.46. The summed E-state index contributed by atoms with van der Waals surface area (Å²) in [6, 6.07) is -0.232. The van der Waals surface area contributed by atoms with Crippen molar-refractivity contribution >= 4 is 12.0 Å². The zero-order chi connectivity index (χ0) is 12.2. The number of carbonyl (C=O) groups is 2. The Morgan fingerprint density at radius 3 is 2.50 bits per heavy atom. The second-order valence-electron chi connectivity index (χ2n) is 3.46. The van der Waals surface area contributed by atoms with Crippen molar-refractivity contribution in [1.82, 2.24) is 10.6 Å². The van der Waals surface area contributed by atoms with Gasteiger partial charge < -0.3 is 15.4 Å². The summed E-state index contributed by atoms with van der Waals surface area (Å²) < 4.78 is 4.94. The molecule has 0 saturated carbocycles. The van der Waals surface area contributed by atoms with Gasteiger partial charge in [0.2, 0.25) is 0 Å². The third kappa shape index (κ3) is 9.30. The molecule has 94 valence electrons. The molecule has 0 aromatic rings. The predicted octanol–water partition coefficient (Wildman–Crippen LogP) is 1.43. The van der Waals surface area contributed by atoms with E-state index in [2.05, 4.69) is 17.6 Å². The lowest BCUT2D eigenvalue weighted by atomic mass is 10.2. The van der Waals surface area contributed by atoms with Gasteiger partial charge in [0.1, 0.15) is 6.61 Å². The molecule has 0 heterocycles. The SMILES string of the molecule is CCCCCC(=O)OCCNC(=O)NCC. The van der Waals surface area contributed by atoms with Gasteiger partial charge in [-0.3, -0.25) is 4.79 Å². The standard InChI is InChI=1S/C11H22N2O3/c1-3-5-6-7-10(14)16-9-8-13-11(15)12-4-2/h3-9H2,1-2H3,(H2,12,13,15). The van der Waals surface area contributed by atoms with Crippen molar-refractivity contribution in [3.8, 4) is 0 Å². The van der Waals surface area contributed by atoms with E-state index in [1.807, 2.05) is 6.92 Å². The van der Waals surface area contributed by atoms with Crippen LogP contribution in [0.2, 0.25) is 0 Å². The summed E-state index contributed by atoms with van der Waals surface area (Å²) >= 11 is 0. The topological polar surface area (TPSA) is 67.4 Å². The molecular formula is C11H22N2O3. The van der Waals surface area contributed by atoms with Gasteiger partial charge >= 0.3 is 12.0 Å². The van der Waals surface area contributed by atoms with Gasteiger partial charge in [-0.25, -0.2) is 4.79 Å². The molecule has 5 heteroatoms. The van der Waals surface area contributed by atoms with Crippen LogP contribution in [0.4, 0.5) is 4.79 Å². The van der Waals surface area contributed by atoms with Crippen LogP contribution in [0.3, 0.4) is 0 Å². The zero-order valence-corrected chi connectivity index (χ0v) is 10.2. The average molecular weight is 230 g/mol. The molecule has 2 amide bonds. The highest BCUT2D eigenvalue weighted by Crippen LogP contribution is 1.99. The number of rotatable bonds is 8. The van der Waals surface area contributed by atoms with Crippen LogP contribution < -0.4 is 10.6 Å². The minimum Gasteiger partial charge on any atom is -0.464 e. The van der Waals surface area contributed by atoms with Crippen LogP contribution >= 0.6 is 0 Å². The van der Waals surface area contributed by atoms with Crippen molar-refractivity contribution in [3.05, 3.63) is 0 Å². The highest BCUT2D eigenvalue weighted by molar-refractivity contribution is 5.73. The second kappa shape index (κ2) is 10.3. The Labute approximate surface area is 96.9 Å². The maximum Gasteiger partial charge on any atom is 0.314 e. The Hall–Kier alpha value is -1.26. The van der Waals surface area contributed by atoms with Gasteiger partial charge in [0.25, 0.3) is 0 Å². The van der Waals surface area contributed by atoms with Crippen molar-refractivity contribution in [1.29, 1.82) is 0 Å². The van der Waals surface area contributed by atoms with Crippen LogP contribution in [0.25, 0.3) is 0 Å². The number of nitrogens with one attached hydrogen (secondary N) is 2. The Morgan fingerprint density at radius 1 is 1.12 bits per heavy atom. The molecule has 0 aliphatic carbocycles. The predicted molar refractivity (Wildman–Crippen MR) is 62.2 cm³/mol. The average Bonchev–Trinajstić information content (AvgIpc) is 2.25. The molecule has 0 aliphatic rings. The molecule has 0 radical (unpaired) electrons. The largest absolute Gasteiger partial charge is 0.464 e. The van der Waals surface area contributed by atoms with Gasteiger partial charge in [-0.1, -0.05) is 19.8 Å². The molecule has 0 fully saturated rings. The van der Waals surface area contributed by atoms with Gasteiger partial charge in [-0.2, -0.15) is 0 Å². The molecular weight excluding hydrogens is 208 g/mol. The molecule has 0 bridgehead atoms. The zero-order valence-electron chi connectivity index (χ0n) is 10.2. The third-order valence-corrected chi connectivity index (χ3v) is 1.97. The van der Waals surface area contributed by atoms with Crippen LogP contribution in [0.5, 0.6) is 0 Å². The first-order valence-corrected chi connectivity index (χ1v) is 5.88. The summed E-state index contributed by atoms with van der Waals surface area (Å²) in [5.41, 5.74) is 0. The molecule has 0 unspecified atom stereocenters. The molecule has 2 N–H and O–H groups in total. The van der Waals surface area contributed by atoms with Crippen LogP contribution in [0.15, 0.2) is 0 Å². The lowest BCUT2D eigenvalue weighted by Crippen LogP contribution is -2.37. The minimum atomic E-state index is -0.232. The Kier molecular flexibility index (Phi) is 9.46. The number of unbranched alkanes of at least 4 members (excludes halogenated alkanes) is 2. The Balaban J connectivity index is 3.30. The monoisotopic (exact) mass is 230 g/mol. The van der Waals surface area contributed by atoms with Crippen molar-refractivity contribution in [2.24, 2.45) is 0 Å². The lowest BCUT2D eigenvalue weighted by molar-refractivity contribution is -0.143. The van der Waals surface area contributed by atoms with E-state index in [0.29, 0.717) is 19.5 Å². The molecule has 5 nitrogen and oxygen atoms in total. The summed E-state index contributed by atoms with van der Waals surface area (Å²) in [6.07, 6.45) is 3.48. The van der Waals surface area contributed by atoms with E-state index in [1.165, 1.54) is 0 Å². The van der Waals surface area contributed by atoms with Gasteiger partial charge in [-0.05, 0) is 13.3 Å². The molecule has 0 saturated heterocycles. The molecule has 0 rings (SSSR count). The summed E-state index contributed by atoms with van der Waals surface area (Å²) in [5, 5.41) is 5.16. The van der Waals surface area contributed by atoms with Gasteiger partial charge in [-0.15, -0.1) is 0 Å². The first-order valence-electron chi connectivity index (χ1n) is 5.88. The number of amides is 2. The molecule has 0 aromatic heterocycles. The van der Waals surface area contributed by atoms with E-state index in [1.54, 1.807) is 0 Å². The molecule has 16 heavy (non-hydrogen) atoms. The van der Waals surface area contributed by atoms with E-state index in [0.717, 1.165) is 19.3 Å². The minimum absolute atomic E-state index is 0.189. The fraction of sp³-hybridized carbons (Fsp3) is 0.818. The quantitative estimate of drug-likeness (QED) is 0.489. The number of hydrogen-bond acceptors (Lipinski definition) is 3. The summed E-state index contributed by atoms with van der Waals surface area (Å²) in [6.45, 7) is 5.10. The van der Waals surface area contributed by atoms with Crippen LogP contribution in [0, 0.1) is 0 Å². The van der Waals surface area contributed by atoms with E-state index in [9.17, 15) is 9.59 Å². The fourth-order valence-corrected chi connectivity index (χ4v) is 1.14. The van der Waals surface area contributed by atoms with Crippen LogP contribution in [-0.2, 0) is 9.53 Å². The van der Waals surface area contributed by atoms with Gasteiger partial charge in [0, 0.05) is 13.0 Å². The summed E-state index contributed by atoms with van der Waals surface area (Å²) in [4.78, 5) is 22.1. The van der Waals surface area contributed by atoms with Gasteiger partial charge in [0.15, 0.2) is 0 Å². The first-order chi connectivity index (χ1) is 7.70. The number of esters is 1. The number of carbonyl (C=O) groups excluding carboxylic acids is 2. The van der Waals surface area contributed by atoms with E-state index in [4.69, 9.17) is 4.74 Å². The summed E-state index contributed by atoms with van der Waals surface area (Å²) in [7, 11) is 0. The highest BCUT2D eigenvalue weighted by atomic mass is 16.5. The van der Waals surface area contributed by atoms with Crippen molar-refractivity contribution < 1.29 is 14.3 Å². The maximum atomic E-state index is 11.1. The van der Waals surface area contributed by atoms with E-state index >= 15 is 0 Å². The Morgan fingerprint density at radius 2 is 1.88 bits per heavy atom. The Bertz CT molecular complexity index is 207. The molecule has 0 aromatic carbocycles. The molecule has 0 atom stereocenters. The number of hydrogen-bond donors (Lipinski definition) is 2. The normalized spacial score (nSPS) is 9.62. The van der Waals surface area contributed by atoms with Crippen molar-refractivity contribution in [3.63, 3.8) is 0 Å². The van der Waals surface area contributed by atoms with E-state index < -0.39 is 0 Å². The molecule has 0 aliphatic heterocycles. The fourth-order valence-electron chi connectivity index (χ4n) is 1.14.